The molecule has 34 heavy (non-hydrogen) atoms. The molecule has 0 atom stereocenters. The van der Waals surface area contributed by atoms with Crippen LogP contribution in [-0.2, 0) is 47.4 Å². The van der Waals surface area contributed by atoms with E-state index in [0.29, 0.717) is 119 Å². The molecule has 0 spiro atoms. The van der Waals surface area contributed by atoms with E-state index in [1.807, 2.05) is 0 Å². The Hall–Kier alpha value is 0.260. The first-order valence-corrected chi connectivity index (χ1v) is 13.3. The van der Waals surface area contributed by atoms with Gasteiger partial charge in [-0.25, -0.2) is 4.39 Å². The van der Waals surface area contributed by atoms with Crippen molar-refractivity contribution in [2.75, 3.05) is 143 Å². The van der Waals surface area contributed by atoms with Crippen molar-refractivity contribution in [3.63, 3.8) is 0 Å². The summed E-state index contributed by atoms with van der Waals surface area (Å²) in [6.45, 7) is 9.70. The molecule has 0 aliphatic rings. The van der Waals surface area contributed by atoms with Crippen LogP contribution >= 0.6 is 22.6 Å². The molecule has 0 aromatic rings. The van der Waals surface area contributed by atoms with Gasteiger partial charge in [-0.2, -0.15) is 0 Å². The smallest absolute Gasteiger partial charge is 0.113 e. The van der Waals surface area contributed by atoms with Crippen molar-refractivity contribution in [2.45, 2.75) is 0 Å². The van der Waals surface area contributed by atoms with Gasteiger partial charge in [-0.3, -0.25) is 0 Å². The summed E-state index contributed by atoms with van der Waals surface area (Å²) >= 11 is 2.27. The van der Waals surface area contributed by atoms with Gasteiger partial charge in [0.1, 0.15) is 6.67 Å². The second-order valence-electron chi connectivity index (χ2n) is 6.50. The maximum absolute atomic E-state index is 11.8. The third kappa shape index (κ3) is 32.3. The van der Waals surface area contributed by atoms with Gasteiger partial charge in [-0.15, -0.1) is 0 Å². The van der Waals surface area contributed by atoms with Gasteiger partial charge in [-0.1, -0.05) is 22.6 Å². The maximum atomic E-state index is 11.8. The van der Waals surface area contributed by atoms with E-state index in [0.717, 1.165) is 11.0 Å². The summed E-state index contributed by atoms with van der Waals surface area (Å²) in [5, 5.41) is 0. The fourth-order valence-corrected chi connectivity index (χ4v) is 2.50. The molecule has 0 N–H and O–H groups in total. The molecule has 0 saturated heterocycles. The molecule has 0 amide bonds. The first kappa shape index (κ1) is 34.3. The third-order valence-electron chi connectivity index (χ3n) is 3.79. The first-order valence-electron chi connectivity index (χ1n) is 11.8. The van der Waals surface area contributed by atoms with Crippen LogP contribution in [0.15, 0.2) is 0 Å². The zero-order valence-corrected chi connectivity index (χ0v) is 22.6. The lowest BCUT2D eigenvalue weighted by atomic mass is 10.6. The van der Waals surface area contributed by atoms with Gasteiger partial charge in [0.15, 0.2) is 0 Å². The summed E-state index contributed by atoms with van der Waals surface area (Å²) in [5.41, 5.74) is 0. The Kier molecular flexibility index (Phi) is 33.5. The Morgan fingerprint density at radius 3 is 0.647 bits per heavy atom. The minimum absolute atomic E-state index is 0.118. The van der Waals surface area contributed by atoms with Gasteiger partial charge in [0.2, 0.25) is 0 Å². The molecular weight excluding hydrogens is 570 g/mol. The summed E-state index contributed by atoms with van der Waals surface area (Å²) in [6.07, 6.45) is 0. The lowest BCUT2D eigenvalue weighted by Crippen LogP contribution is -2.15. The Balaban J connectivity index is 2.99. The van der Waals surface area contributed by atoms with Crippen LogP contribution in [-0.4, -0.2) is 143 Å². The molecule has 0 bridgehead atoms. The van der Waals surface area contributed by atoms with Crippen LogP contribution in [0, 0.1) is 0 Å². The van der Waals surface area contributed by atoms with Crippen molar-refractivity contribution in [1.82, 2.24) is 0 Å². The minimum atomic E-state index is -0.470. The number of rotatable bonds is 31. The summed E-state index contributed by atoms with van der Waals surface area (Å²) in [5.74, 6) is 0. The molecule has 0 aliphatic carbocycles. The van der Waals surface area contributed by atoms with Crippen LogP contribution < -0.4 is 0 Å². The Labute approximate surface area is 217 Å². The van der Waals surface area contributed by atoms with Crippen molar-refractivity contribution in [2.24, 2.45) is 0 Å². The lowest BCUT2D eigenvalue weighted by Gasteiger charge is -2.09. The van der Waals surface area contributed by atoms with Crippen molar-refractivity contribution in [3.8, 4) is 0 Å². The van der Waals surface area contributed by atoms with Crippen LogP contribution in [0.1, 0.15) is 0 Å². The standard InChI is InChI=1S/C22H44FIO10/c23-1-3-25-5-7-27-9-11-29-13-15-31-17-19-33-21-22-34-20-18-32-16-14-30-12-10-28-8-6-26-4-2-24/h1-22H2. The van der Waals surface area contributed by atoms with Gasteiger partial charge in [0.25, 0.3) is 0 Å². The maximum Gasteiger partial charge on any atom is 0.113 e. The van der Waals surface area contributed by atoms with E-state index in [1.165, 1.54) is 0 Å². The molecule has 0 fully saturated rings. The van der Waals surface area contributed by atoms with E-state index in [2.05, 4.69) is 22.6 Å². The Morgan fingerprint density at radius 2 is 0.471 bits per heavy atom. The highest BCUT2D eigenvalue weighted by Gasteiger charge is 1.95. The molecular formula is C22H44FIO10. The van der Waals surface area contributed by atoms with E-state index in [-0.39, 0.29) is 6.61 Å². The van der Waals surface area contributed by atoms with Crippen LogP contribution in [0.4, 0.5) is 4.39 Å². The van der Waals surface area contributed by atoms with Crippen LogP contribution in [0.2, 0.25) is 0 Å². The fourth-order valence-electron chi connectivity index (χ4n) is 2.19. The van der Waals surface area contributed by atoms with E-state index >= 15 is 0 Å². The van der Waals surface area contributed by atoms with Crippen LogP contribution in [0.5, 0.6) is 0 Å². The van der Waals surface area contributed by atoms with Crippen molar-refractivity contribution in [3.05, 3.63) is 0 Å². The zero-order valence-electron chi connectivity index (χ0n) is 20.4. The molecule has 0 rings (SSSR count). The number of ether oxygens (including phenoxy) is 10. The quantitative estimate of drug-likeness (QED) is 0.0651. The molecule has 0 radical (unpaired) electrons. The highest BCUT2D eigenvalue weighted by molar-refractivity contribution is 14.1. The lowest BCUT2D eigenvalue weighted by molar-refractivity contribution is -0.0263. The van der Waals surface area contributed by atoms with E-state index in [1.54, 1.807) is 0 Å². The topological polar surface area (TPSA) is 92.3 Å². The summed E-state index contributed by atoms with van der Waals surface area (Å²) in [6, 6.07) is 0. The van der Waals surface area contributed by atoms with Gasteiger partial charge in [0, 0.05) is 4.43 Å². The highest BCUT2D eigenvalue weighted by atomic mass is 127. The zero-order chi connectivity index (χ0) is 24.6. The number of hydrogen-bond donors (Lipinski definition) is 0. The predicted molar refractivity (Wildman–Crippen MR) is 133 cm³/mol. The normalized spacial score (nSPS) is 11.5. The predicted octanol–water partition coefficient (Wildman–Crippen LogP) is 1.56. The second kappa shape index (κ2) is 33.3. The molecule has 0 aromatic heterocycles. The second-order valence-corrected chi connectivity index (χ2v) is 7.58. The first-order chi connectivity index (χ1) is 16.9. The highest BCUT2D eigenvalue weighted by Crippen LogP contribution is 1.87. The summed E-state index contributed by atoms with van der Waals surface area (Å²) in [4.78, 5) is 0. The molecule has 0 unspecified atom stereocenters. The largest absolute Gasteiger partial charge is 0.378 e. The summed E-state index contributed by atoms with van der Waals surface area (Å²) < 4.78 is 66.1. The van der Waals surface area contributed by atoms with Crippen LogP contribution in [0.25, 0.3) is 0 Å². The van der Waals surface area contributed by atoms with Crippen LogP contribution in [0.3, 0.4) is 0 Å². The molecule has 0 saturated carbocycles. The van der Waals surface area contributed by atoms with Gasteiger partial charge in [0.05, 0.1) is 132 Å². The van der Waals surface area contributed by atoms with Crippen molar-refractivity contribution in [1.29, 1.82) is 0 Å². The molecule has 12 heteroatoms. The van der Waals surface area contributed by atoms with Gasteiger partial charge in [-0.05, 0) is 0 Å². The third-order valence-corrected chi connectivity index (χ3v) is 4.23. The summed E-state index contributed by atoms with van der Waals surface area (Å²) in [7, 11) is 0. The van der Waals surface area contributed by atoms with E-state index < -0.39 is 6.67 Å². The van der Waals surface area contributed by atoms with Crippen molar-refractivity contribution >= 4 is 22.6 Å². The molecule has 0 aromatic carbocycles. The average molecular weight is 614 g/mol. The van der Waals surface area contributed by atoms with E-state index in [9.17, 15) is 4.39 Å². The molecule has 10 nitrogen and oxygen atoms in total. The average Bonchev–Trinajstić information content (AvgIpc) is 2.85. The Morgan fingerprint density at radius 1 is 0.294 bits per heavy atom. The fraction of sp³-hybridized carbons (Fsp3) is 1.00. The monoisotopic (exact) mass is 614 g/mol. The number of hydrogen-bond acceptors (Lipinski definition) is 10. The SMILES string of the molecule is FCCOCCOCCOCCOCCOCCOCCOCCOCCOCCOCCI. The molecule has 0 heterocycles. The minimum Gasteiger partial charge on any atom is -0.378 e. The van der Waals surface area contributed by atoms with Gasteiger partial charge < -0.3 is 47.4 Å². The van der Waals surface area contributed by atoms with Crippen molar-refractivity contribution < 1.29 is 51.8 Å². The van der Waals surface area contributed by atoms with Gasteiger partial charge >= 0.3 is 0 Å². The number of halogens is 2. The Bertz CT molecular complexity index is 330. The number of alkyl halides is 2. The molecule has 206 valence electrons. The molecule has 0 aliphatic heterocycles. The van der Waals surface area contributed by atoms with E-state index in [4.69, 9.17) is 47.4 Å².